The van der Waals surface area contributed by atoms with Crippen molar-refractivity contribution < 1.29 is 0 Å². The van der Waals surface area contributed by atoms with Crippen LogP contribution in [0.15, 0.2) is 91.1 Å². The van der Waals surface area contributed by atoms with Crippen LogP contribution in [-0.2, 0) is 0 Å². The van der Waals surface area contributed by atoms with Crippen molar-refractivity contribution in [2.24, 2.45) is 0 Å². The Morgan fingerprint density at radius 3 is 2.04 bits per heavy atom. The highest BCUT2D eigenvalue weighted by Gasteiger charge is 2.11. The van der Waals surface area contributed by atoms with E-state index in [9.17, 15) is 0 Å². The monoisotopic (exact) mass is 362 g/mol. The van der Waals surface area contributed by atoms with Crippen LogP contribution in [0.25, 0.3) is 39.5 Å². The summed E-state index contributed by atoms with van der Waals surface area (Å²) >= 11 is 0. The van der Waals surface area contributed by atoms with Gasteiger partial charge >= 0.3 is 0 Å². The lowest BCUT2D eigenvalue weighted by molar-refractivity contribution is 0.951. The van der Waals surface area contributed by atoms with Crippen LogP contribution >= 0.6 is 0 Å². The van der Waals surface area contributed by atoms with Crippen LogP contribution in [0.5, 0.6) is 0 Å². The minimum absolute atomic E-state index is 0.597. The Morgan fingerprint density at radius 1 is 0.643 bits per heavy atom. The molecule has 28 heavy (non-hydrogen) atoms. The van der Waals surface area contributed by atoms with E-state index in [1.165, 1.54) is 16.7 Å². The van der Waals surface area contributed by atoms with Crippen LogP contribution in [0, 0.1) is 6.92 Å². The maximum absolute atomic E-state index is 4.71. The summed E-state index contributed by atoms with van der Waals surface area (Å²) in [5, 5.41) is 4.71. The summed E-state index contributed by atoms with van der Waals surface area (Å²) in [5.41, 5.74) is 6.64. The van der Waals surface area contributed by atoms with Crippen molar-refractivity contribution >= 4 is 5.78 Å². The van der Waals surface area contributed by atoms with Gasteiger partial charge in [-0.1, -0.05) is 84.4 Å². The highest BCUT2D eigenvalue weighted by atomic mass is 15.3. The maximum atomic E-state index is 4.71. The van der Waals surface area contributed by atoms with Gasteiger partial charge in [-0.25, -0.2) is 4.98 Å². The van der Waals surface area contributed by atoms with Crippen molar-refractivity contribution in [1.82, 2.24) is 19.6 Å². The van der Waals surface area contributed by atoms with E-state index in [4.69, 9.17) is 5.10 Å². The minimum Gasteiger partial charge on any atom is -0.220 e. The van der Waals surface area contributed by atoms with Gasteiger partial charge in [0.15, 0.2) is 5.82 Å². The average molecular weight is 362 g/mol. The summed E-state index contributed by atoms with van der Waals surface area (Å²) in [4.78, 5) is 8.99. The topological polar surface area (TPSA) is 43.1 Å². The van der Waals surface area contributed by atoms with E-state index in [0.717, 1.165) is 16.8 Å². The third-order valence-corrected chi connectivity index (χ3v) is 4.84. The largest absolute Gasteiger partial charge is 0.253 e. The standard InChI is InChI=1S/C24H18N4/c1-17-7-9-21(10-8-17)23-26-24-25-16-15-22(28(24)27-23)20-13-11-19(12-14-20)18-5-3-2-4-6-18/h2-16H,1H3. The van der Waals surface area contributed by atoms with Gasteiger partial charge in [0.25, 0.3) is 5.78 Å². The molecule has 134 valence electrons. The average Bonchev–Trinajstić information content (AvgIpc) is 3.19. The van der Waals surface area contributed by atoms with Crippen molar-refractivity contribution in [3.63, 3.8) is 0 Å². The molecule has 0 aliphatic carbocycles. The Morgan fingerprint density at radius 2 is 1.29 bits per heavy atom. The first-order chi connectivity index (χ1) is 13.8. The minimum atomic E-state index is 0.597. The normalized spacial score (nSPS) is 11.0. The van der Waals surface area contributed by atoms with Gasteiger partial charge in [-0.2, -0.15) is 9.50 Å². The summed E-state index contributed by atoms with van der Waals surface area (Å²) in [5.74, 6) is 1.28. The summed E-state index contributed by atoms with van der Waals surface area (Å²) in [7, 11) is 0. The fraction of sp³-hybridized carbons (Fsp3) is 0.0417. The zero-order valence-corrected chi connectivity index (χ0v) is 15.4. The number of aryl methyl sites for hydroxylation is 1. The molecule has 5 rings (SSSR count). The zero-order valence-electron chi connectivity index (χ0n) is 15.4. The SMILES string of the molecule is Cc1ccc(-c2nc3nccc(-c4ccc(-c5ccccc5)cc4)n3n2)cc1. The number of rotatable bonds is 3. The summed E-state index contributed by atoms with van der Waals surface area (Å²) < 4.78 is 1.81. The number of benzene rings is 3. The number of hydrogen-bond acceptors (Lipinski definition) is 3. The van der Waals surface area contributed by atoms with Gasteiger partial charge in [-0.3, -0.25) is 0 Å². The molecule has 3 aromatic carbocycles. The molecule has 0 aliphatic heterocycles. The molecule has 0 saturated carbocycles. The Labute approximate surface area is 163 Å². The molecule has 0 N–H and O–H groups in total. The number of nitrogens with zero attached hydrogens (tertiary/aromatic N) is 4. The molecule has 0 saturated heterocycles. The molecule has 4 heteroatoms. The van der Waals surface area contributed by atoms with Crippen molar-refractivity contribution in [1.29, 1.82) is 0 Å². The lowest BCUT2D eigenvalue weighted by Crippen LogP contribution is -1.96. The molecule has 0 bridgehead atoms. The number of aromatic nitrogens is 4. The lowest BCUT2D eigenvalue weighted by atomic mass is 10.0. The summed E-state index contributed by atoms with van der Waals surface area (Å²) in [6.07, 6.45) is 1.78. The number of fused-ring (bicyclic) bond motifs is 1. The van der Waals surface area contributed by atoms with Gasteiger partial charge < -0.3 is 0 Å². The molecule has 0 unspecified atom stereocenters. The molecule has 2 heterocycles. The molecule has 0 amide bonds. The first kappa shape index (κ1) is 16.4. The summed E-state index contributed by atoms with van der Waals surface area (Å²) in [6, 6.07) is 29.1. The zero-order chi connectivity index (χ0) is 18.9. The molecule has 0 radical (unpaired) electrons. The van der Waals surface area contributed by atoms with Gasteiger partial charge in [0.2, 0.25) is 0 Å². The van der Waals surface area contributed by atoms with Crippen LogP contribution in [0.1, 0.15) is 5.56 Å². The third-order valence-electron chi connectivity index (χ3n) is 4.84. The number of hydrogen-bond donors (Lipinski definition) is 0. The van der Waals surface area contributed by atoms with Crippen molar-refractivity contribution in [2.75, 3.05) is 0 Å². The smallest absolute Gasteiger partial charge is 0.220 e. The van der Waals surface area contributed by atoms with Gasteiger partial charge in [0.1, 0.15) is 0 Å². The van der Waals surface area contributed by atoms with E-state index < -0.39 is 0 Å². The third kappa shape index (κ3) is 2.95. The van der Waals surface area contributed by atoms with E-state index in [2.05, 4.69) is 77.6 Å². The van der Waals surface area contributed by atoms with E-state index in [1.807, 2.05) is 28.8 Å². The molecule has 4 nitrogen and oxygen atoms in total. The fourth-order valence-corrected chi connectivity index (χ4v) is 3.30. The molecule has 0 fully saturated rings. The van der Waals surface area contributed by atoms with Crippen molar-refractivity contribution in [2.45, 2.75) is 6.92 Å². The second-order valence-electron chi connectivity index (χ2n) is 6.79. The molecule has 0 aliphatic rings. The predicted molar refractivity (Wildman–Crippen MR) is 112 cm³/mol. The highest BCUT2D eigenvalue weighted by Crippen LogP contribution is 2.25. The lowest BCUT2D eigenvalue weighted by Gasteiger charge is -2.06. The van der Waals surface area contributed by atoms with E-state index >= 15 is 0 Å². The molecular weight excluding hydrogens is 344 g/mol. The van der Waals surface area contributed by atoms with E-state index in [-0.39, 0.29) is 0 Å². The molecule has 5 aromatic rings. The Balaban J connectivity index is 1.56. The van der Waals surface area contributed by atoms with Crippen LogP contribution < -0.4 is 0 Å². The van der Waals surface area contributed by atoms with Gasteiger partial charge in [0.05, 0.1) is 5.69 Å². The Hall–Kier alpha value is -3.79. The van der Waals surface area contributed by atoms with Crippen LogP contribution in [0.4, 0.5) is 0 Å². The van der Waals surface area contributed by atoms with E-state index in [1.54, 1.807) is 6.20 Å². The highest BCUT2D eigenvalue weighted by molar-refractivity contribution is 5.70. The van der Waals surface area contributed by atoms with Gasteiger partial charge in [0, 0.05) is 17.3 Å². The molecule has 2 aromatic heterocycles. The van der Waals surface area contributed by atoms with E-state index in [0.29, 0.717) is 11.6 Å². The molecular formula is C24H18N4. The Kier molecular flexibility index (Phi) is 3.95. The molecule has 0 atom stereocenters. The second-order valence-corrected chi connectivity index (χ2v) is 6.79. The quantitative estimate of drug-likeness (QED) is 0.429. The van der Waals surface area contributed by atoms with Crippen molar-refractivity contribution in [3.05, 3.63) is 96.7 Å². The summed E-state index contributed by atoms with van der Waals surface area (Å²) in [6.45, 7) is 2.07. The van der Waals surface area contributed by atoms with Crippen LogP contribution in [-0.4, -0.2) is 19.6 Å². The van der Waals surface area contributed by atoms with Crippen molar-refractivity contribution in [3.8, 4) is 33.8 Å². The second kappa shape index (κ2) is 6.74. The van der Waals surface area contributed by atoms with Gasteiger partial charge in [-0.15, -0.1) is 5.10 Å². The van der Waals surface area contributed by atoms with Crippen LogP contribution in [0.2, 0.25) is 0 Å². The predicted octanol–water partition coefficient (Wildman–Crippen LogP) is 5.43. The first-order valence-corrected chi connectivity index (χ1v) is 9.23. The van der Waals surface area contributed by atoms with Gasteiger partial charge in [-0.05, 0) is 24.1 Å². The first-order valence-electron chi connectivity index (χ1n) is 9.23. The fourth-order valence-electron chi connectivity index (χ4n) is 3.30. The van der Waals surface area contributed by atoms with Crippen LogP contribution in [0.3, 0.4) is 0 Å². The maximum Gasteiger partial charge on any atom is 0.253 e. The molecule has 0 spiro atoms. The Bertz CT molecular complexity index is 1240.